The van der Waals surface area contributed by atoms with E-state index in [4.69, 9.17) is 0 Å². The van der Waals surface area contributed by atoms with Gasteiger partial charge in [0, 0.05) is 43.3 Å². The van der Waals surface area contributed by atoms with E-state index in [0.717, 1.165) is 44.6 Å². The molecule has 0 radical (unpaired) electrons. The fourth-order valence-electron chi connectivity index (χ4n) is 4.74. The van der Waals surface area contributed by atoms with E-state index in [0.29, 0.717) is 0 Å². The first-order valence-electron chi connectivity index (χ1n) is 10.8. The topological polar surface area (TPSA) is 28.4 Å². The van der Waals surface area contributed by atoms with Crippen molar-refractivity contribution in [3.63, 3.8) is 0 Å². The van der Waals surface area contributed by atoms with Gasteiger partial charge < -0.3 is 9.67 Å². The van der Waals surface area contributed by atoms with Crippen LogP contribution in [0.5, 0.6) is 0 Å². The van der Waals surface area contributed by atoms with E-state index in [9.17, 15) is 5.11 Å². The quantitative estimate of drug-likeness (QED) is 0.504. The number of piperidine rings is 1. The average Bonchev–Trinajstić information content (AvgIpc) is 3.20. The molecular weight excluding hydrogens is 368 g/mol. The van der Waals surface area contributed by atoms with E-state index in [2.05, 4.69) is 101 Å². The van der Waals surface area contributed by atoms with Gasteiger partial charge in [-0.1, -0.05) is 72.8 Å². The Morgan fingerprint density at radius 2 is 1.33 bits per heavy atom. The zero-order valence-electron chi connectivity index (χ0n) is 17.2. The third kappa shape index (κ3) is 3.79. The van der Waals surface area contributed by atoms with Gasteiger partial charge in [-0.2, -0.15) is 0 Å². The van der Waals surface area contributed by atoms with Crippen molar-refractivity contribution in [2.24, 2.45) is 0 Å². The van der Waals surface area contributed by atoms with Gasteiger partial charge in [0.15, 0.2) is 0 Å². The van der Waals surface area contributed by atoms with Gasteiger partial charge in [0.2, 0.25) is 0 Å². The molecule has 1 aromatic heterocycles. The van der Waals surface area contributed by atoms with Crippen LogP contribution in [0.25, 0.3) is 10.9 Å². The molecule has 0 spiro atoms. The summed E-state index contributed by atoms with van der Waals surface area (Å²) in [4.78, 5) is 2.45. The summed E-state index contributed by atoms with van der Waals surface area (Å²) in [6.45, 7) is 3.62. The maximum atomic E-state index is 11.6. The Labute approximate surface area is 178 Å². The number of aromatic nitrogens is 1. The SMILES string of the molecule is OC1(c2cccc3c2ccn3Cc2ccccc2)CCN(Cc2ccccc2)CC1. The molecule has 0 amide bonds. The number of aliphatic hydroxyl groups is 1. The lowest BCUT2D eigenvalue weighted by Crippen LogP contribution is -2.42. The summed E-state index contributed by atoms with van der Waals surface area (Å²) in [5.41, 5.74) is 4.13. The molecule has 3 nitrogen and oxygen atoms in total. The van der Waals surface area contributed by atoms with E-state index >= 15 is 0 Å². The molecule has 1 saturated heterocycles. The predicted molar refractivity (Wildman–Crippen MR) is 122 cm³/mol. The van der Waals surface area contributed by atoms with Crippen molar-refractivity contribution in [1.29, 1.82) is 0 Å². The van der Waals surface area contributed by atoms with Crippen molar-refractivity contribution in [3.8, 4) is 0 Å². The summed E-state index contributed by atoms with van der Waals surface area (Å²) in [5, 5.41) is 12.8. The number of hydrogen-bond acceptors (Lipinski definition) is 2. The molecule has 3 heteroatoms. The molecule has 0 atom stereocenters. The molecule has 1 N–H and O–H groups in total. The summed E-state index contributed by atoms with van der Waals surface area (Å²) in [5.74, 6) is 0. The van der Waals surface area contributed by atoms with Gasteiger partial charge in [0.05, 0.1) is 5.60 Å². The Kier molecular flexibility index (Phi) is 5.16. The van der Waals surface area contributed by atoms with Crippen molar-refractivity contribution in [1.82, 2.24) is 9.47 Å². The molecule has 0 bridgehead atoms. The van der Waals surface area contributed by atoms with E-state index in [1.165, 1.54) is 22.0 Å². The van der Waals surface area contributed by atoms with Crippen molar-refractivity contribution >= 4 is 10.9 Å². The van der Waals surface area contributed by atoms with Crippen LogP contribution in [0, 0.1) is 0 Å². The van der Waals surface area contributed by atoms with Gasteiger partial charge >= 0.3 is 0 Å². The first-order valence-corrected chi connectivity index (χ1v) is 10.8. The van der Waals surface area contributed by atoms with Gasteiger partial charge in [-0.3, -0.25) is 4.90 Å². The molecular formula is C27H28N2O. The van der Waals surface area contributed by atoms with Gasteiger partial charge in [0.25, 0.3) is 0 Å². The Morgan fingerprint density at radius 1 is 0.700 bits per heavy atom. The minimum atomic E-state index is -0.758. The predicted octanol–water partition coefficient (Wildman–Crippen LogP) is 5.17. The Hall–Kier alpha value is -2.88. The molecule has 3 aromatic carbocycles. The smallest absolute Gasteiger partial charge is 0.0927 e. The molecule has 2 heterocycles. The van der Waals surface area contributed by atoms with Crippen LogP contribution in [0.1, 0.15) is 29.5 Å². The minimum Gasteiger partial charge on any atom is -0.385 e. The minimum absolute atomic E-state index is 0.758. The highest BCUT2D eigenvalue weighted by Crippen LogP contribution is 2.37. The van der Waals surface area contributed by atoms with E-state index in [-0.39, 0.29) is 0 Å². The zero-order valence-corrected chi connectivity index (χ0v) is 17.2. The van der Waals surface area contributed by atoms with Crippen LogP contribution in [0.2, 0.25) is 0 Å². The maximum absolute atomic E-state index is 11.6. The highest BCUT2D eigenvalue weighted by Gasteiger charge is 2.35. The van der Waals surface area contributed by atoms with Crippen LogP contribution < -0.4 is 0 Å². The maximum Gasteiger partial charge on any atom is 0.0927 e. The number of fused-ring (bicyclic) bond motifs is 1. The zero-order chi connectivity index (χ0) is 20.4. The van der Waals surface area contributed by atoms with Crippen LogP contribution >= 0.6 is 0 Å². The number of nitrogens with zero attached hydrogens (tertiary/aromatic N) is 2. The molecule has 1 fully saturated rings. The molecule has 1 aliphatic heterocycles. The lowest BCUT2D eigenvalue weighted by molar-refractivity contribution is -0.0265. The highest BCUT2D eigenvalue weighted by molar-refractivity contribution is 5.84. The fraction of sp³-hybridized carbons (Fsp3) is 0.259. The Balaban J connectivity index is 1.36. The summed E-state index contributed by atoms with van der Waals surface area (Å²) >= 11 is 0. The summed E-state index contributed by atoms with van der Waals surface area (Å²) < 4.78 is 2.28. The van der Waals surface area contributed by atoms with Gasteiger partial charge in [-0.05, 0) is 41.7 Å². The second kappa shape index (κ2) is 8.10. The van der Waals surface area contributed by atoms with Gasteiger partial charge in [-0.25, -0.2) is 0 Å². The lowest BCUT2D eigenvalue weighted by atomic mass is 9.82. The fourth-order valence-corrected chi connectivity index (χ4v) is 4.74. The van der Waals surface area contributed by atoms with Gasteiger partial charge in [-0.15, -0.1) is 0 Å². The standard InChI is InChI=1S/C27H28N2O/c30-27(15-18-28(19-16-27)20-22-8-3-1-4-9-22)25-12-7-13-26-24(25)14-17-29(26)21-23-10-5-2-6-11-23/h1-14,17,30H,15-16,18-21H2. The summed E-state index contributed by atoms with van der Waals surface area (Å²) in [6.07, 6.45) is 3.68. The average molecular weight is 397 g/mol. The second-order valence-corrected chi connectivity index (χ2v) is 8.46. The van der Waals surface area contributed by atoms with Crippen LogP contribution in [0.3, 0.4) is 0 Å². The first kappa shape index (κ1) is 19.1. The number of benzene rings is 3. The number of likely N-dealkylation sites (tertiary alicyclic amines) is 1. The third-order valence-electron chi connectivity index (χ3n) is 6.44. The summed E-state index contributed by atoms with van der Waals surface area (Å²) in [7, 11) is 0. The lowest BCUT2D eigenvalue weighted by Gasteiger charge is -2.39. The molecule has 1 aliphatic rings. The number of rotatable bonds is 5. The molecule has 4 aromatic rings. The Bertz CT molecular complexity index is 1110. The highest BCUT2D eigenvalue weighted by atomic mass is 16.3. The number of hydrogen-bond donors (Lipinski definition) is 1. The van der Waals surface area contributed by atoms with Crippen LogP contribution in [-0.4, -0.2) is 27.7 Å². The van der Waals surface area contributed by atoms with Gasteiger partial charge in [0.1, 0.15) is 0 Å². The molecule has 152 valence electrons. The van der Waals surface area contributed by atoms with E-state index < -0.39 is 5.60 Å². The first-order chi connectivity index (χ1) is 14.7. The van der Waals surface area contributed by atoms with Crippen molar-refractivity contribution in [2.75, 3.05) is 13.1 Å². The largest absolute Gasteiger partial charge is 0.385 e. The van der Waals surface area contributed by atoms with Crippen molar-refractivity contribution in [3.05, 3.63) is 108 Å². The van der Waals surface area contributed by atoms with Crippen molar-refractivity contribution in [2.45, 2.75) is 31.5 Å². The monoisotopic (exact) mass is 396 g/mol. The molecule has 30 heavy (non-hydrogen) atoms. The van der Waals surface area contributed by atoms with Crippen LogP contribution in [-0.2, 0) is 18.7 Å². The molecule has 0 unspecified atom stereocenters. The van der Waals surface area contributed by atoms with E-state index in [1.54, 1.807) is 0 Å². The van der Waals surface area contributed by atoms with Crippen LogP contribution in [0.4, 0.5) is 0 Å². The van der Waals surface area contributed by atoms with Crippen LogP contribution in [0.15, 0.2) is 91.1 Å². The normalized spacial score (nSPS) is 16.7. The second-order valence-electron chi connectivity index (χ2n) is 8.46. The third-order valence-corrected chi connectivity index (χ3v) is 6.44. The molecule has 5 rings (SSSR count). The summed E-state index contributed by atoms with van der Waals surface area (Å²) in [6, 6.07) is 29.7. The van der Waals surface area contributed by atoms with E-state index in [1.807, 2.05) is 0 Å². The molecule has 0 aliphatic carbocycles. The molecule has 0 saturated carbocycles. The Morgan fingerprint density at radius 3 is 2.00 bits per heavy atom. The van der Waals surface area contributed by atoms with Crippen molar-refractivity contribution < 1.29 is 5.11 Å².